The van der Waals surface area contributed by atoms with Crippen molar-refractivity contribution in [3.63, 3.8) is 0 Å². The van der Waals surface area contributed by atoms with Gasteiger partial charge in [-0.1, -0.05) is 23.5 Å². The molecular formula is C30H39FN4O7. The smallest absolute Gasteiger partial charge is 0.435 e. The Morgan fingerprint density at radius 3 is 2.02 bits per heavy atom. The number of rotatable bonds is 17. The van der Waals surface area contributed by atoms with E-state index in [1.54, 1.807) is 25.3 Å². The van der Waals surface area contributed by atoms with Crippen LogP contribution in [0.15, 0.2) is 36.4 Å². The van der Waals surface area contributed by atoms with Crippen molar-refractivity contribution in [3.05, 3.63) is 47.5 Å². The molecule has 1 atom stereocenters. The highest BCUT2D eigenvalue weighted by Crippen LogP contribution is 2.46. The van der Waals surface area contributed by atoms with Crippen LogP contribution >= 0.6 is 0 Å². The third-order valence-electron chi connectivity index (χ3n) is 6.66. The molecule has 2 aromatic carbocycles. The van der Waals surface area contributed by atoms with Gasteiger partial charge < -0.3 is 30.2 Å². The zero-order valence-corrected chi connectivity index (χ0v) is 24.1. The molecule has 0 fully saturated rings. The molecule has 0 saturated heterocycles. The SMILES string of the molecule is CCCC(=O)Nc1ccc2c(c1)C(COC(=O)NF)c1cc(NC(=O)CCCC(=O)NCCOCCCOC)ccc1-2. The molecule has 1 aliphatic rings. The highest BCUT2D eigenvalue weighted by Gasteiger charge is 2.31. The summed E-state index contributed by atoms with van der Waals surface area (Å²) in [5, 5.41) is 8.50. The topological polar surface area (TPSA) is 144 Å². The summed E-state index contributed by atoms with van der Waals surface area (Å²) in [6, 6.07) is 10.9. The fraction of sp³-hybridized carbons (Fsp3) is 0.467. The molecule has 4 amide bonds. The van der Waals surface area contributed by atoms with Gasteiger partial charge in [-0.15, -0.1) is 0 Å². The first-order chi connectivity index (χ1) is 20.4. The third-order valence-corrected chi connectivity index (χ3v) is 6.66. The van der Waals surface area contributed by atoms with Crippen molar-refractivity contribution >= 4 is 35.2 Å². The van der Waals surface area contributed by atoms with Gasteiger partial charge in [-0.3, -0.25) is 14.4 Å². The van der Waals surface area contributed by atoms with Crippen molar-refractivity contribution < 1.29 is 37.9 Å². The number of halogens is 1. The average Bonchev–Trinajstić information content (AvgIpc) is 3.27. The van der Waals surface area contributed by atoms with Gasteiger partial charge in [-0.25, -0.2) is 4.79 Å². The molecule has 42 heavy (non-hydrogen) atoms. The Hall–Kier alpha value is -4.03. The van der Waals surface area contributed by atoms with Crippen LogP contribution in [0.2, 0.25) is 0 Å². The first-order valence-corrected chi connectivity index (χ1v) is 14.1. The van der Waals surface area contributed by atoms with Crippen molar-refractivity contribution in [2.75, 3.05) is 50.7 Å². The largest absolute Gasteiger partial charge is 0.447 e. The molecule has 0 bridgehead atoms. The summed E-state index contributed by atoms with van der Waals surface area (Å²) >= 11 is 0. The summed E-state index contributed by atoms with van der Waals surface area (Å²) in [5.74, 6) is -0.947. The zero-order valence-electron chi connectivity index (χ0n) is 24.1. The fourth-order valence-corrected chi connectivity index (χ4v) is 4.72. The Labute approximate surface area is 244 Å². The Balaban J connectivity index is 1.58. The average molecular weight is 587 g/mol. The molecule has 0 heterocycles. The third kappa shape index (κ3) is 9.81. The molecule has 0 aromatic heterocycles. The summed E-state index contributed by atoms with van der Waals surface area (Å²) < 4.78 is 28.0. The number of ether oxygens (including phenoxy) is 3. The number of methoxy groups -OCH3 is 1. The molecule has 0 spiro atoms. The van der Waals surface area contributed by atoms with E-state index in [-0.39, 0.29) is 37.2 Å². The Kier molecular flexibility index (Phi) is 13.2. The number of carbonyl (C=O) groups excluding carboxylic acids is 4. The van der Waals surface area contributed by atoms with E-state index in [1.807, 2.05) is 25.1 Å². The summed E-state index contributed by atoms with van der Waals surface area (Å²) in [6.07, 6.45) is 1.43. The summed E-state index contributed by atoms with van der Waals surface area (Å²) in [4.78, 5) is 48.3. The number of carbonyl (C=O) groups is 4. The van der Waals surface area contributed by atoms with Gasteiger partial charge in [0.05, 0.1) is 6.61 Å². The second-order valence-corrected chi connectivity index (χ2v) is 9.86. The van der Waals surface area contributed by atoms with E-state index in [9.17, 15) is 23.7 Å². The van der Waals surface area contributed by atoms with Crippen LogP contribution in [-0.4, -0.2) is 63.9 Å². The van der Waals surface area contributed by atoms with Crippen molar-refractivity contribution in [2.24, 2.45) is 0 Å². The van der Waals surface area contributed by atoms with Gasteiger partial charge in [0.2, 0.25) is 17.7 Å². The number of hydrogen-bond donors (Lipinski definition) is 4. The van der Waals surface area contributed by atoms with E-state index in [1.165, 1.54) is 0 Å². The van der Waals surface area contributed by atoms with Crippen LogP contribution in [0.1, 0.15) is 62.5 Å². The minimum absolute atomic E-state index is 0.109. The van der Waals surface area contributed by atoms with Crippen molar-refractivity contribution in [2.45, 2.75) is 51.4 Å². The minimum atomic E-state index is -1.21. The lowest BCUT2D eigenvalue weighted by Crippen LogP contribution is -2.27. The fourth-order valence-electron chi connectivity index (χ4n) is 4.72. The maximum atomic E-state index is 12.6. The van der Waals surface area contributed by atoms with E-state index in [2.05, 4.69) is 16.0 Å². The maximum absolute atomic E-state index is 12.6. The molecule has 0 aliphatic heterocycles. The molecular weight excluding hydrogens is 547 g/mol. The summed E-state index contributed by atoms with van der Waals surface area (Å²) in [6.45, 7) is 3.78. The van der Waals surface area contributed by atoms with Crippen LogP contribution in [-0.2, 0) is 28.6 Å². The number of hydrogen-bond acceptors (Lipinski definition) is 7. The first-order valence-electron chi connectivity index (χ1n) is 14.1. The molecule has 12 heteroatoms. The molecule has 11 nitrogen and oxygen atoms in total. The lowest BCUT2D eigenvalue weighted by Gasteiger charge is -2.15. The Bertz CT molecular complexity index is 1240. The maximum Gasteiger partial charge on any atom is 0.435 e. The van der Waals surface area contributed by atoms with E-state index < -0.39 is 12.0 Å². The predicted octanol–water partition coefficient (Wildman–Crippen LogP) is 4.43. The van der Waals surface area contributed by atoms with Gasteiger partial charge >= 0.3 is 6.09 Å². The van der Waals surface area contributed by atoms with Crippen molar-refractivity contribution in [1.29, 1.82) is 0 Å². The zero-order chi connectivity index (χ0) is 30.3. The van der Waals surface area contributed by atoms with E-state index in [0.29, 0.717) is 57.0 Å². The Morgan fingerprint density at radius 2 is 1.43 bits per heavy atom. The lowest BCUT2D eigenvalue weighted by atomic mass is 9.97. The van der Waals surface area contributed by atoms with Crippen molar-refractivity contribution in [1.82, 2.24) is 10.9 Å². The molecule has 0 saturated carbocycles. The van der Waals surface area contributed by atoms with Crippen LogP contribution in [0.3, 0.4) is 0 Å². The number of amides is 4. The molecule has 1 aliphatic carbocycles. The molecule has 0 radical (unpaired) electrons. The molecule has 2 aromatic rings. The molecule has 4 N–H and O–H groups in total. The van der Waals surface area contributed by atoms with Gasteiger partial charge in [0.25, 0.3) is 0 Å². The second kappa shape index (κ2) is 17.0. The Morgan fingerprint density at radius 1 is 0.810 bits per heavy atom. The normalized spacial score (nSPS) is 13.1. The van der Waals surface area contributed by atoms with Crippen LogP contribution in [0.25, 0.3) is 11.1 Å². The molecule has 3 rings (SSSR count). The van der Waals surface area contributed by atoms with Crippen LogP contribution in [0.5, 0.6) is 0 Å². The highest BCUT2D eigenvalue weighted by molar-refractivity contribution is 5.94. The number of nitrogens with one attached hydrogen (secondary N) is 4. The second-order valence-electron chi connectivity index (χ2n) is 9.86. The molecule has 1 unspecified atom stereocenters. The van der Waals surface area contributed by atoms with Gasteiger partial charge in [-0.05, 0) is 65.8 Å². The summed E-state index contributed by atoms with van der Waals surface area (Å²) in [5.41, 5.74) is 5.46. The summed E-state index contributed by atoms with van der Waals surface area (Å²) in [7, 11) is 1.63. The first kappa shape index (κ1) is 32.5. The van der Waals surface area contributed by atoms with Gasteiger partial charge in [0.1, 0.15) is 6.61 Å². The van der Waals surface area contributed by atoms with E-state index >= 15 is 0 Å². The highest BCUT2D eigenvalue weighted by atomic mass is 19.2. The predicted molar refractivity (Wildman–Crippen MR) is 156 cm³/mol. The standard InChI is InChI=1S/C30H39FN4O7/c1-3-6-28(37)33-20-9-11-22-23-12-10-21(18-25(23)26(24(22)17-20)19-42-30(39)35-31)34-29(38)8-4-7-27(36)32-13-16-41-15-5-14-40-2/h9-12,17-18,26H,3-8,13-16,19H2,1-2H3,(H,32,36)(H,33,37)(H,34,38)(H,35,39). The van der Waals surface area contributed by atoms with Gasteiger partial charge in [0.15, 0.2) is 0 Å². The lowest BCUT2D eigenvalue weighted by molar-refractivity contribution is -0.121. The quantitative estimate of drug-likeness (QED) is 0.159. The minimum Gasteiger partial charge on any atom is -0.447 e. The van der Waals surface area contributed by atoms with Gasteiger partial charge in [-0.2, -0.15) is 5.54 Å². The van der Waals surface area contributed by atoms with Crippen LogP contribution in [0.4, 0.5) is 20.7 Å². The van der Waals surface area contributed by atoms with E-state index in [4.69, 9.17) is 14.2 Å². The molecule has 228 valence electrons. The number of anilines is 2. The van der Waals surface area contributed by atoms with Crippen molar-refractivity contribution in [3.8, 4) is 11.1 Å². The van der Waals surface area contributed by atoms with Crippen LogP contribution in [0, 0.1) is 0 Å². The monoisotopic (exact) mass is 586 g/mol. The number of benzene rings is 2. The van der Waals surface area contributed by atoms with E-state index in [0.717, 1.165) is 34.2 Å². The van der Waals surface area contributed by atoms with Crippen LogP contribution < -0.4 is 21.5 Å². The number of fused-ring (bicyclic) bond motifs is 3. The van der Waals surface area contributed by atoms with Gasteiger partial charge in [0, 0.05) is 63.4 Å².